The molecule has 0 unspecified atom stereocenters. The second-order valence-electron chi connectivity index (χ2n) is 9.14. The average Bonchev–Trinajstić information content (AvgIpc) is 3.22. The van der Waals surface area contributed by atoms with Crippen LogP contribution in [0.3, 0.4) is 0 Å². The first kappa shape index (κ1) is 22.8. The summed E-state index contributed by atoms with van der Waals surface area (Å²) in [6.07, 6.45) is 7.03. The predicted octanol–water partition coefficient (Wildman–Crippen LogP) is 6.10. The molecular formula is C29H30N4O2. The number of hydrogen-bond donors (Lipinski definition) is 2. The minimum Gasteiger partial charge on any atom is -0.341 e. The number of nitrogens with one attached hydrogen (secondary N) is 2. The minimum absolute atomic E-state index is 0.0746. The van der Waals surface area contributed by atoms with Crippen LogP contribution in [0.5, 0.6) is 0 Å². The maximum absolute atomic E-state index is 12.5. The number of anilines is 1. The summed E-state index contributed by atoms with van der Waals surface area (Å²) in [6, 6.07) is 21.5. The predicted molar refractivity (Wildman–Crippen MR) is 142 cm³/mol. The molecule has 0 bridgehead atoms. The van der Waals surface area contributed by atoms with Crippen LogP contribution >= 0.6 is 0 Å². The Kier molecular flexibility index (Phi) is 6.62. The number of fused-ring (bicyclic) bond motifs is 3. The average molecular weight is 467 g/mol. The number of nitrogens with zero attached hydrogens (tertiary/aromatic N) is 2. The Labute approximate surface area is 205 Å². The van der Waals surface area contributed by atoms with Crippen molar-refractivity contribution in [2.75, 3.05) is 5.32 Å². The molecule has 1 heterocycles. The number of benzene rings is 3. The zero-order chi connectivity index (χ0) is 24.2. The minimum atomic E-state index is -0.296. The highest BCUT2D eigenvalue weighted by Gasteiger charge is 2.21. The van der Waals surface area contributed by atoms with Crippen molar-refractivity contribution in [3.63, 3.8) is 0 Å². The summed E-state index contributed by atoms with van der Waals surface area (Å²) in [5.74, 6) is -0.126. The van der Waals surface area contributed by atoms with Crippen LogP contribution < -0.4 is 10.7 Å². The fraction of sp³-hybridized carbons (Fsp3) is 0.276. The van der Waals surface area contributed by atoms with E-state index in [2.05, 4.69) is 63.7 Å². The number of aromatic nitrogens is 1. The molecule has 0 aliphatic heterocycles. The van der Waals surface area contributed by atoms with Gasteiger partial charge >= 0.3 is 0 Å². The molecule has 1 aliphatic rings. The van der Waals surface area contributed by atoms with E-state index in [1.54, 1.807) is 30.5 Å². The number of rotatable bonds is 6. The van der Waals surface area contributed by atoms with Gasteiger partial charge in [0.15, 0.2) is 0 Å². The Morgan fingerprint density at radius 1 is 0.943 bits per heavy atom. The molecule has 0 saturated heterocycles. The molecule has 1 aliphatic carbocycles. The molecule has 178 valence electrons. The van der Waals surface area contributed by atoms with Crippen molar-refractivity contribution in [1.82, 2.24) is 9.99 Å². The number of hydrazone groups is 1. The van der Waals surface area contributed by atoms with Gasteiger partial charge in [-0.15, -0.1) is 0 Å². The Bertz CT molecular complexity index is 1400. The van der Waals surface area contributed by atoms with Gasteiger partial charge in [0.2, 0.25) is 5.91 Å². The summed E-state index contributed by atoms with van der Waals surface area (Å²) < 4.78 is 2.30. The lowest BCUT2D eigenvalue weighted by molar-refractivity contribution is -0.120. The molecule has 0 radical (unpaired) electrons. The number of hydrogen-bond acceptors (Lipinski definition) is 3. The zero-order valence-corrected chi connectivity index (χ0v) is 20.0. The molecule has 0 atom stereocenters. The number of carbonyl (C=O) groups excluding carboxylic acids is 2. The lowest BCUT2D eigenvalue weighted by atomic mass is 9.88. The van der Waals surface area contributed by atoms with Crippen LogP contribution in [0.15, 0.2) is 71.8 Å². The van der Waals surface area contributed by atoms with Crippen LogP contribution in [0.1, 0.15) is 54.9 Å². The van der Waals surface area contributed by atoms with Crippen molar-refractivity contribution in [1.29, 1.82) is 0 Å². The molecule has 1 fully saturated rings. The van der Waals surface area contributed by atoms with Crippen LogP contribution in [-0.4, -0.2) is 22.6 Å². The highest BCUT2D eigenvalue weighted by atomic mass is 16.2. The van der Waals surface area contributed by atoms with Gasteiger partial charge in [-0.1, -0.05) is 43.5 Å². The summed E-state index contributed by atoms with van der Waals surface area (Å²) in [5.41, 5.74) is 7.11. The zero-order valence-electron chi connectivity index (χ0n) is 20.0. The third kappa shape index (κ3) is 4.83. The summed E-state index contributed by atoms with van der Waals surface area (Å²) >= 11 is 0. The summed E-state index contributed by atoms with van der Waals surface area (Å²) in [5, 5.41) is 9.51. The standard InChI is InChI=1S/C29H30N4O2/c1-2-33-26-11-7-6-10-24(26)25-18-20(12-17-27(25)33)19-30-32-29(35)22-13-15-23(16-14-22)31-28(34)21-8-4-3-5-9-21/h6-7,10-19,21H,2-5,8-9H2,1H3,(H,31,34)(H,32,35). The maximum atomic E-state index is 12.5. The molecule has 6 heteroatoms. The van der Waals surface area contributed by atoms with Crippen LogP contribution in [0.25, 0.3) is 21.8 Å². The molecule has 1 saturated carbocycles. The molecule has 2 N–H and O–H groups in total. The van der Waals surface area contributed by atoms with E-state index in [9.17, 15) is 9.59 Å². The van der Waals surface area contributed by atoms with Crippen molar-refractivity contribution in [2.45, 2.75) is 45.6 Å². The monoisotopic (exact) mass is 466 g/mol. The summed E-state index contributed by atoms with van der Waals surface area (Å²) in [6.45, 7) is 3.05. The van der Waals surface area contributed by atoms with E-state index in [1.165, 1.54) is 28.2 Å². The summed E-state index contributed by atoms with van der Waals surface area (Å²) in [7, 11) is 0. The van der Waals surface area contributed by atoms with Gasteiger partial charge in [0, 0.05) is 45.5 Å². The lowest BCUT2D eigenvalue weighted by Gasteiger charge is -2.20. The van der Waals surface area contributed by atoms with Crippen LogP contribution in [0.4, 0.5) is 5.69 Å². The topological polar surface area (TPSA) is 75.5 Å². The van der Waals surface area contributed by atoms with Gasteiger partial charge in [-0.25, -0.2) is 5.43 Å². The van der Waals surface area contributed by atoms with Gasteiger partial charge in [-0.3, -0.25) is 9.59 Å². The second-order valence-corrected chi connectivity index (χ2v) is 9.14. The Morgan fingerprint density at radius 3 is 2.46 bits per heavy atom. The number of aryl methyl sites for hydroxylation is 1. The molecule has 5 rings (SSSR count). The molecule has 1 aromatic heterocycles. The van der Waals surface area contributed by atoms with Gasteiger partial charge in [-0.2, -0.15) is 5.10 Å². The van der Waals surface area contributed by atoms with Gasteiger partial charge in [0.25, 0.3) is 5.91 Å². The number of para-hydroxylation sites is 1. The molecule has 6 nitrogen and oxygen atoms in total. The molecule has 0 spiro atoms. The van der Waals surface area contributed by atoms with Crippen LogP contribution in [-0.2, 0) is 11.3 Å². The van der Waals surface area contributed by atoms with E-state index in [4.69, 9.17) is 0 Å². The van der Waals surface area contributed by atoms with E-state index < -0.39 is 0 Å². The second kappa shape index (κ2) is 10.1. The normalized spacial score (nSPS) is 14.5. The van der Waals surface area contributed by atoms with Gasteiger partial charge < -0.3 is 9.88 Å². The smallest absolute Gasteiger partial charge is 0.271 e. The highest BCUT2D eigenvalue weighted by molar-refractivity contribution is 6.09. The van der Waals surface area contributed by atoms with Gasteiger partial charge in [-0.05, 0) is 67.8 Å². The molecule has 35 heavy (non-hydrogen) atoms. The largest absolute Gasteiger partial charge is 0.341 e. The van der Waals surface area contributed by atoms with Crippen molar-refractivity contribution >= 4 is 45.5 Å². The fourth-order valence-electron chi connectivity index (χ4n) is 5.04. The Balaban J connectivity index is 1.23. The summed E-state index contributed by atoms with van der Waals surface area (Å²) in [4.78, 5) is 25.0. The van der Waals surface area contributed by atoms with Crippen molar-refractivity contribution < 1.29 is 9.59 Å². The molecule has 3 aromatic carbocycles. The lowest BCUT2D eigenvalue weighted by Crippen LogP contribution is -2.24. The molecule has 2 amide bonds. The first-order valence-electron chi connectivity index (χ1n) is 12.4. The number of carbonyl (C=O) groups is 2. The third-order valence-electron chi connectivity index (χ3n) is 6.88. The van der Waals surface area contributed by atoms with Crippen LogP contribution in [0.2, 0.25) is 0 Å². The SMILES string of the molecule is CCn1c2ccccc2c2cc(C=NNC(=O)c3ccc(NC(=O)C4CCCCC4)cc3)ccc21. The quantitative estimate of drug-likeness (QED) is 0.266. The first-order chi connectivity index (χ1) is 17.1. The molecular weight excluding hydrogens is 436 g/mol. The van der Waals surface area contributed by atoms with Crippen LogP contribution in [0, 0.1) is 5.92 Å². The van der Waals surface area contributed by atoms with Crippen molar-refractivity contribution in [3.8, 4) is 0 Å². The molecule has 4 aromatic rings. The fourth-order valence-corrected chi connectivity index (χ4v) is 5.04. The third-order valence-corrected chi connectivity index (χ3v) is 6.88. The van der Waals surface area contributed by atoms with Gasteiger partial charge in [0.1, 0.15) is 0 Å². The van der Waals surface area contributed by atoms with E-state index >= 15 is 0 Å². The Morgan fingerprint density at radius 2 is 1.69 bits per heavy atom. The Hall–Kier alpha value is -3.93. The van der Waals surface area contributed by atoms with Crippen molar-refractivity contribution in [3.05, 3.63) is 77.9 Å². The van der Waals surface area contributed by atoms with Crippen molar-refractivity contribution in [2.24, 2.45) is 11.0 Å². The van der Waals surface area contributed by atoms with E-state index in [0.717, 1.165) is 37.8 Å². The highest BCUT2D eigenvalue weighted by Crippen LogP contribution is 2.29. The number of amides is 2. The van der Waals surface area contributed by atoms with Gasteiger partial charge in [0.05, 0.1) is 6.21 Å². The van der Waals surface area contributed by atoms with E-state index in [0.29, 0.717) is 11.3 Å². The first-order valence-corrected chi connectivity index (χ1v) is 12.4. The van der Waals surface area contributed by atoms with E-state index in [1.807, 2.05) is 6.07 Å². The van der Waals surface area contributed by atoms with E-state index in [-0.39, 0.29) is 17.7 Å². The maximum Gasteiger partial charge on any atom is 0.271 e.